The van der Waals surface area contributed by atoms with Gasteiger partial charge in [-0.05, 0) is 36.3 Å². The number of aliphatic carboxylic acids is 1. The SMILES string of the molecule is O=C(O)C(OCCCO)c1cccc(C2CC2)c1. The smallest absolute Gasteiger partial charge is 0.337 e. The largest absolute Gasteiger partial charge is 0.479 e. The van der Waals surface area contributed by atoms with Crippen LogP contribution in [0.2, 0.25) is 0 Å². The first-order chi connectivity index (χ1) is 8.72. The molecule has 1 aromatic carbocycles. The van der Waals surface area contributed by atoms with Crippen molar-refractivity contribution in [3.63, 3.8) is 0 Å². The number of carboxylic acids is 1. The normalized spacial score (nSPS) is 16.5. The van der Waals surface area contributed by atoms with E-state index in [0.717, 1.165) is 0 Å². The zero-order chi connectivity index (χ0) is 13.0. The number of ether oxygens (including phenoxy) is 1. The standard InChI is InChI=1S/C14H18O4/c15-7-2-8-18-13(14(16)17)12-4-1-3-11(9-12)10-5-6-10/h1,3-4,9-10,13,15H,2,5-8H2,(H,16,17). The molecule has 1 fully saturated rings. The lowest BCUT2D eigenvalue weighted by molar-refractivity contribution is -0.151. The maximum absolute atomic E-state index is 11.2. The minimum Gasteiger partial charge on any atom is -0.479 e. The monoisotopic (exact) mass is 250 g/mol. The summed E-state index contributed by atoms with van der Waals surface area (Å²) in [5, 5.41) is 17.9. The van der Waals surface area contributed by atoms with Gasteiger partial charge in [-0.15, -0.1) is 0 Å². The van der Waals surface area contributed by atoms with E-state index in [1.54, 1.807) is 6.07 Å². The fourth-order valence-corrected chi connectivity index (χ4v) is 1.97. The van der Waals surface area contributed by atoms with E-state index >= 15 is 0 Å². The summed E-state index contributed by atoms with van der Waals surface area (Å²) in [6, 6.07) is 7.63. The zero-order valence-electron chi connectivity index (χ0n) is 10.2. The number of aliphatic hydroxyl groups is 1. The second-order valence-corrected chi connectivity index (χ2v) is 4.61. The molecule has 2 N–H and O–H groups in total. The van der Waals surface area contributed by atoms with Crippen LogP contribution in [0.25, 0.3) is 0 Å². The van der Waals surface area contributed by atoms with Crippen LogP contribution in [-0.2, 0) is 9.53 Å². The summed E-state index contributed by atoms with van der Waals surface area (Å²) >= 11 is 0. The third-order valence-electron chi connectivity index (χ3n) is 3.07. The number of carboxylic acid groups (broad SMARTS) is 1. The first-order valence-electron chi connectivity index (χ1n) is 6.27. The van der Waals surface area contributed by atoms with E-state index in [2.05, 4.69) is 0 Å². The van der Waals surface area contributed by atoms with E-state index in [1.165, 1.54) is 18.4 Å². The number of hydrogen-bond donors (Lipinski definition) is 2. The average molecular weight is 250 g/mol. The van der Waals surface area contributed by atoms with Crippen molar-refractivity contribution in [1.29, 1.82) is 0 Å². The highest BCUT2D eigenvalue weighted by Crippen LogP contribution is 2.40. The molecular formula is C14H18O4. The molecule has 98 valence electrons. The maximum Gasteiger partial charge on any atom is 0.337 e. The van der Waals surface area contributed by atoms with Gasteiger partial charge in [0.15, 0.2) is 6.10 Å². The van der Waals surface area contributed by atoms with Crippen molar-refractivity contribution in [3.8, 4) is 0 Å². The Bertz CT molecular complexity index is 412. The van der Waals surface area contributed by atoms with Crippen LogP contribution in [0.3, 0.4) is 0 Å². The number of hydrogen-bond acceptors (Lipinski definition) is 3. The van der Waals surface area contributed by atoms with Crippen molar-refractivity contribution in [2.45, 2.75) is 31.3 Å². The molecule has 1 aromatic rings. The van der Waals surface area contributed by atoms with Crippen molar-refractivity contribution in [2.75, 3.05) is 13.2 Å². The van der Waals surface area contributed by atoms with Crippen LogP contribution in [0, 0.1) is 0 Å². The summed E-state index contributed by atoms with van der Waals surface area (Å²) in [7, 11) is 0. The molecule has 0 spiro atoms. The second-order valence-electron chi connectivity index (χ2n) is 4.61. The summed E-state index contributed by atoms with van der Waals surface area (Å²) in [6.07, 6.45) is 1.89. The molecule has 1 atom stereocenters. The van der Waals surface area contributed by atoms with Gasteiger partial charge < -0.3 is 14.9 Å². The van der Waals surface area contributed by atoms with E-state index in [0.29, 0.717) is 17.9 Å². The molecule has 0 amide bonds. The Morgan fingerprint density at radius 3 is 2.83 bits per heavy atom. The first-order valence-corrected chi connectivity index (χ1v) is 6.27. The quantitative estimate of drug-likeness (QED) is 0.727. The number of rotatable bonds is 7. The predicted octanol–water partition coefficient (Wildman–Crippen LogP) is 2.09. The molecular weight excluding hydrogens is 232 g/mol. The molecule has 0 radical (unpaired) electrons. The summed E-state index contributed by atoms with van der Waals surface area (Å²) in [5.41, 5.74) is 1.88. The lowest BCUT2D eigenvalue weighted by atomic mass is 10.0. The molecule has 0 aliphatic heterocycles. The highest BCUT2D eigenvalue weighted by atomic mass is 16.5. The Labute approximate surface area is 106 Å². The van der Waals surface area contributed by atoms with Crippen molar-refractivity contribution in [1.82, 2.24) is 0 Å². The third kappa shape index (κ3) is 3.31. The summed E-state index contributed by atoms with van der Waals surface area (Å²) < 4.78 is 5.33. The third-order valence-corrected chi connectivity index (χ3v) is 3.07. The van der Waals surface area contributed by atoms with Gasteiger partial charge in [0, 0.05) is 6.61 Å². The van der Waals surface area contributed by atoms with E-state index in [-0.39, 0.29) is 13.2 Å². The number of aliphatic hydroxyl groups excluding tert-OH is 1. The molecule has 0 heterocycles. The highest BCUT2D eigenvalue weighted by molar-refractivity contribution is 5.74. The second kappa shape index (κ2) is 5.98. The van der Waals surface area contributed by atoms with Gasteiger partial charge in [-0.2, -0.15) is 0 Å². The Morgan fingerprint density at radius 1 is 1.44 bits per heavy atom. The predicted molar refractivity (Wildman–Crippen MR) is 66.4 cm³/mol. The van der Waals surface area contributed by atoms with E-state index in [9.17, 15) is 9.90 Å². The average Bonchev–Trinajstić information content (AvgIpc) is 3.18. The van der Waals surface area contributed by atoms with Gasteiger partial charge >= 0.3 is 5.97 Å². The molecule has 1 unspecified atom stereocenters. The molecule has 4 nitrogen and oxygen atoms in total. The van der Waals surface area contributed by atoms with Crippen LogP contribution in [0.1, 0.15) is 42.4 Å². The van der Waals surface area contributed by atoms with Crippen LogP contribution in [0.15, 0.2) is 24.3 Å². The topological polar surface area (TPSA) is 66.8 Å². The van der Waals surface area contributed by atoms with Crippen LogP contribution in [-0.4, -0.2) is 29.4 Å². The Morgan fingerprint density at radius 2 is 2.22 bits per heavy atom. The fourth-order valence-electron chi connectivity index (χ4n) is 1.97. The molecule has 0 aromatic heterocycles. The Hall–Kier alpha value is -1.39. The molecule has 1 aliphatic rings. The van der Waals surface area contributed by atoms with Crippen molar-refractivity contribution in [2.24, 2.45) is 0 Å². The Kier molecular flexibility index (Phi) is 4.33. The first kappa shape index (κ1) is 13.1. The van der Waals surface area contributed by atoms with E-state index < -0.39 is 12.1 Å². The molecule has 0 bridgehead atoms. The number of carbonyl (C=O) groups is 1. The van der Waals surface area contributed by atoms with Crippen LogP contribution >= 0.6 is 0 Å². The summed E-state index contributed by atoms with van der Waals surface area (Å²) in [6.45, 7) is 0.259. The fraction of sp³-hybridized carbons (Fsp3) is 0.500. The Balaban J connectivity index is 2.08. The van der Waals surface area contributed by atoms with Gasteiger partial charge in [-0.25, -0.2) is 4.79 Å². The maximum atomic E-state index is 11.2. The van der Waals surface area contributed by atoms with Crippen LogP contribution < -0.4 is 0 Å². The highest BCUT2D eigenvalue weighted by Gasteiger charge is 2.26. The molecule has 18 heavy (non-hydrogen) atoms. The van der Waals surface area contributed by atoms with Gasteiger partial charge in [0.05, 0.1) is 6.61 Å². The number of benzene rings is 1. The van der Waals surface area contributed by atoms with Crippen molar-refractivity contribution >= 4 is 5.97 Å². The van der Waals surface area contributed by atoms with Gasteiger partial charge in [-0.3, -0.25) is 0 Å². The minimum absolute atomic E-state index is 0.00839. The van der Waals surface area contributed by atoms with Crippen molar-refractivity contribution < 1.29 is 19.7 Å². The van der Waals surface area contributed by atoms with Crippen molar-refractivity contribution in [3.05, 3.63) is 35.4 Å². The lowest BCUT2D eigenvalue weighted by Crippen LogP contribution is -2.16. The van der Waals surface area contributed by atoms with Gasteiger partial charge in [0.1, 0.15) is 0 Å². The minimum atomic E-state index is -0.985. The molecule has 2 rings (SSSR count). The lowest BCUT2D eigenvalue weighted by Gasteiger charge is -2.14. The van der Waals surface area contributed by atoms with Gasteiger partial charge in [-0.1, -0.05) is 24.3 Å². The molecule has 4 heteroatoms. The van der Waals surface area contributed by atoms with Gasteiger partial charge in [0.25, 0.3) is 0 Å². The summed E-state index contributed by atoms with van der Waals surface area (Å²) in [4.78, 5) is 11.2. The zero-order valence-corrected chi connectivity index (χ0v) is 10.2. The van der Waals surface area contributed by atoms with Gasteiger partial charge in [0.2, 0.25) is 0 Å². The van der Waals surface area contributed by atoms with Crippen LogP contribution in [0.5, 0.6) is 0 Å². The molecule has 1 aliphatic carbocycles. The molecule has 0 saturated heterocycles. The molecule has 1 saturated carbocycles. The van der Waals surface area contributed by atoms with E-state index in [1.807, 2.05) is 18.2 Å². The van der Waals surface area contributed by atoms with E-state index in [4.69, 9.17) is 9.84 Å². The van der Waals surface area contributed by atoms with Crippen LogP contribution in [0.4, 0.5) is 0 Å². The summed E-state index contributed by atoms with van der Waals surface area (Å²) in [5.74, 6) is -0.391.